The molecule has 0 aromatic carbocycles. The van der Waals surface area contributed by atoms with Gasteiger partial charge in [0.2, 0.25) is 0 Å². The first-order valence-electron chi connectivity index (χ1n) is 28.0. The lowest BCUT2D eigenvalue weighted by molar-refractivity contribution is -0.150. The van der Waals surface area contributed by atoms with Crippen LogP contribution < -0.4 is 0 Å². The summed E-state index contributed by atoms with van der Waals surface area (Å²) in [5.41, 5.74) is 0. The first-order valence-corrected chi connectivity index (χ1v) is 30.2. The minimum Gasteiger partial charge on any atom is -0.455 e. The molecular formula is C55H108O6Si. The van der Waals surface area contributed by atoms with E-state index in [1.807, 2.05) is 0 Å². The van der Waals surface area contributed by atoms with Gasteiger partial charge in [-0.25, -0.2) is 0 Å². The minimum absolute atomic E-state index is 0.258. The Bertz CT molecular complexity index is 839. The van der Waals surface area contributed by atoms with E-state index in [2.05, 4.69) is 20.8 Å². The van der Waals surface area contributed by atoms with Crippen LogP contribution in [0.25, 0.3) is 0 Å². The van der Waals surface area contributed by atoms with Crippen LogP contribution in [0.4, 0.5) is 0 Å². The quantitative estimate of drug-likeness (QED) is 0.0447. The fraction of sp³-hybridized carbons (Fsp3) is 0.945. The van der Waals surface area contributed by atoms with E-state index in [-0.39, 0.29) is 19.3 Å². The lowest BCUT2D eigenvalue weighted by Crippen LogP contribution is -2.47. The summed E-state index contributed by atoms with van der Waals surface area (Å²) in [7, 11) is -3.81. The van der Waals surface area contributed by atoms with Crippen molar-refractivity contribution in [3.8, 4) is 0 Å². The summed E-state index contributed by atoms with van der Waals surface area (Å²) < 4.78 is 17.3. The molecule has 0 saturated heterocycles. The maximum Gasteiger partial charge on any atom is 0.701 e. The third-order valence-corrected chi connectivity index (χ3v) is 14.6. The summed E-state index contributed by atoms with van der Waals surface area (Å²) >= 11 is 0. The molecule has 368 valence electrons. The maximum atomic E-state index is 13.0. The summed E-state index contributed by atoms with van der Waals surface area (Å²) in [6.45, 7) is 8.37. The predicted molar refractivity (Wildman–Crippen MR) is 269 cm³/mol. The van der Waals surface area contributed by atoms with Crippen molar-refractivity contribution >= 4 is 26.7 Å². The lowest BCUT2D eigenvalue weighted by atomic mass is 10.0. The minimum atomic E-state index is -3.81. The van der Waals surface area contributed by atoms with E-state index in [4.69, 9.17) is 13.3 Å². The highest BCUT2D eigenvalue weighted by Gasteiger charge is 2.47. The molecule has 0 aliphatic heterocycles. The van der Waals surface area contributed by atoms with Crippen molar-refractivity contribution in [3.63, 3.8) is 0 Å². The third-order valence-electron chi connectivity index (χ3n) is 12.9. The van der Waals surface area contributed by atoms with Crippen LogP contribution in [0.1, 0.15) is 329 Å². The van der Waals surface area contributed by atoms with Crippen molar-refractivity contribution in [1.82, 2.24) is 0 Å². The highest BCUT2D eigenvalue weighted by Crippen LogP contribution is 2.20. The Labute approximate surface area is 388 Å². The Morgan fingerprint density at radius 2 is 0.371 bits per heavy atom. The molecule has 0 saturated carbocycles. The van der Waals surface area contributed by atoms with Crippen molar-refractivity contribution in [2.75, 3.05) is 0 Å². The Morgan fingerprint density at radius 1 is 0.242 bits per heavy atom. The van der Waals surface area contributed by atoms with E-state index < -0.39 is 26.7 Å². The molecule has 6 nitrogen and oxygen atoms in total. The summed E-state index contributed by atoms with van der Waals surface area (Å²) in [5.74, 6) is -1.27. The van der Waals surface area contributed by atoms with Crippen LogP contribution in [-0.4, -0.2) is 26.7 Å². The first-order chi connectivity index (χ1) is 30.4. The molecule has 0 heterocycles. The Balaban J connectivity index is 4.45. The number of carbonyl (C=O) groups is 3. The van der Waals surface area contributed by atoms with E-state index in [0.717, 1.165) is 57.8 Å². The molecule has 62 heavy (non-hydrogen) atoms. The monoisotopic (exact) mass is 893 g/mol. The first kappa shape index (κ1) is 60.6. The zero-order chi connectivity index (χ0) is 45.3. The summed E-state index contributed by atoms with van der Waals surface area (Å²) in [5, 5.41) is 0. The van der Waals surface area contributed by atoms with Crippen molar-refractivity contribution in [1.29, 1.82) is 0 Å². The second-order valence-corrected chi connectivity index (χ2v) is 21.7. The van der Waals surface area contributed by atoms with E-state index in [0.29, 0.717) is 0 Å². The molecule has 0 rings (SSSR count). The molecule has 0 amide bonds. The molecule has 0 aromatic heterocycles. The molecule has 0 N–H and O–H groups in total. The Kier molecular flexibility index (Phi) is 48.0. The zero-order valence-electron chi connectivity index (χ0n) is 42.4. The number of hydrogen-bond donors (Lipinski definition) is 0. The average Bonchev–Trinajstić information content (AvgIpc) is 3.24. The zero-order valence-corrected chi connectivity index (χ0v) is 43.4. The SMILES string of the molecule is CCCCCCCCCCCCCCCCCC(=O)O[Si](C)(OC(=O)CCCCCCCCCCCCCCCCC)OC(=O)CCCCCCCCCCCCCCCCC. The van der Waals surface area contributed by atoms with Gasteiger partial charge in [-0.3, -0.25) is 14.4 Å². The number of rotatable bonds is 51. The van der Waals surface area contributed by atoms with Gasteiger partial charge in [-0.05, 0) is 19.3 Å². The fourth-order valence-corrected chi connectivity index (χ4v) is 10.4. The number of hydrogen-bond acceptors (Lipinski definition) is 6. The van der Waals surface area contributed by atoms with Crippen LogP contribution in [0.5, 0.6) is 0 Å². The fourth-order valence-electron chi connectivity index (χ4n) is 8.76. The van der Waals surface area contributed by atoms with Gasteiger partial charge in [0, 0.05) is 25.8 Å². The molecule has 0 fully saturated rings. The molecule has 0 aliphatic rings. The number of carbonyl (C=O) groups excluding carboxylic acids is 3. The molecule has 0 spiro atoms. The van der Waals surface area contributed by atoms with Gasteiger partial charge in [0.15, 0.2) is 0 Å². The molecule has 0 bridgehead atoms. The second-order valence-electron chi connectivity index (χ2n) is 19.4. The highest BCUT2D eigenvalue weighted by molar-refractivity contribution is 6.64. The van der Waals surface area contributed by atoms with Crippen LogP contribution in [0, 0.1) is 0 Å². The average molecular weight is 894 g/mol. The van der Waals surface area contributed by atoms with Gasteiger partial charge in [0.1, 0.15) is 0 Å². The molecular weight excluding hydrogens is 785 g/mol. The van der Waals surface area contributed by atoms with Gasteiger partial charge in [0.25, 0.3) is 17.9 Å². The van der Waals surface area contributed by atoms with Crippen LogP contribution in [0.15, 0.2) is 0 Å². The van der Waals surface area contributed by atoms with Gasteiger partial charge >= 0.3 is 8.80 Å². The van der Waals surface area contributed by atoms with E-state index >= 15 is 0 Å². The summed E-state index contributed by atoms with van der Waals surface area (Å²) in [6, 6.07) is 0. The van der Waals surface area contributed by atoms with Crippen molar-refractivity contribution in [3.05, 3.63) is 0 Å². The topological polar surface area (TPSA) is 78.9 Å². The summed E-state index contributed by atoms with van der Waals surface area (Å²) in [4.78, 5) is 39.0. The molecule has 0 radical (unpaired) electrons. The third kappa shape index (κ3) is 46.6. The van der Waals surface area contributed by atoms with Crippen LogP contribution in [0.2, 0.25) is 6.55 Å². The van der Waals surface area contributed by atoms with Gasteiger partial charge in [0.05, 0.1) is 0 Å². The van der Waals surface area contributed by atoms with Crippen molar-refractivity contribution in [2.24, 2.45) is 0 Å². The van der Waals surface area contributed by atoms with Gasteiger partial charge in [-0.15, -0.1) is 0 Å². The molecule has 0 aromatic rings. The van der Waals surface area contributed by atoms with E-state index in [1.165, 1.54) is 231 Å². The molecule has 0 aliphatic carbocycles. The Morgan fingerprint density at radius 3 is 0.516 bits per heavy atom. The predicted octanol–water partition coefficient (Wildman–Crippen LogP) is 19.0. The van der Waals surface area contributed by atoms with Crippen LogP contribution in [-0.2, 0) is 27.7 Å². The van der Waals surface area contributed by atoms with E-state index in [1.54, 1.807) is 6.55 Å². The van der Waals surface area contributed by atoms with E-state index in [9.17, 15) is 14.4 Å². The second kappa shape index (κ2) is 49.1. The number of unbranched alkanes of at least 4 members (excludes halogenated alkanes) is 42. The molecule has 0 atom stereocenters. The molecule has 7 heteroatoms. The van der Waals surface area contributed by atoms with Crippen LogP contribution >= 0.6 is 0 Å². The largest absolute Gasteiger partial charge is 0.701 e. The Hall–Kier alpha value is -1.37. The molecule has 0 unspecified atom stereocenters. The smallest absolute Gasteiger partial charge is 0.455 e. The van der Waals surface area contributed by atoms with Crippen LogP contribution in [0.3, 0.4) is 0 Å². The standard InChI is InChI=1S/C55H108O6Si/c1-5-8-11-14-17-20-23-26-29-32-35-38-41-44-47-50-53(56)59-62(4,60-54(57)51-48-45-42-39-36-33-30-27-24-21-18-15-12-9-6-2)61-55(58)52-49-46-43-40-37-34-31-28-25-22-19-16-13-10-7-3/h5-52H2,1-4H3. The summed E-state index contributed by atoms with van der Waals surface area (Å²) in [6.07, 6.45) is 57.6. The highest BCUT2D eigenvalue weighted by atomic mass is 28.4. The van der Waals surface area contributed by atoms with Gasteiger partial charge in [-0.1, -0.05) is 290 Å². The maximum absolute atomic E-state index is 13.0. The van der Waals surface area contributed by atoms with Gasteiger partial charge < -0.3 is 13.3 Å². The van der Waals surface area contributed by atoms with Crippen molar-refractivity contribution in [2.45, 2.75) is 336 Å². The normalized spacial score (nSPS) is 11.6. The van der Waals surface area contributed by atoms with Gasteiger partial charge in [-0.2, -0.15) is 0 Å². The van der Waals surface area contributed by atoms with Crippen molar-refractivity contribution < 1.29 is 27.7 Å². The lowest BCUT2D eigenvalue weighted by Gasteiger charge is -2.24.